The predicted octanol–water partition coefficient (Wildman–Crippen LogP) is 4.89. The predicted molar refractivity (Wildman–Crippen MR) is 158 cm³/mol. The number of esters is 1. The number of rotatable bonds is 10. The summed E-state index contributed by atoms with van der Waals surface area (Å²) in [5.74, 6) is -7.11. The number of carbonyl (C=O) groups is 5. The Labute approximate surface area is 266 Å². The molecule has 1 aromatic carbocycles. The van der Waals surface area contributed by atoms with E-state index >= 15 is 0 Å². The highest BCUT2D eigenvalue weighted by molar-refractivity contribution is 6.41. The number of pyridine rings is 1. The first kappa shape index (κ1) is 40.2. The maximum Gasteiger partial charge on any atom is 0.458 e. The van der Waals surface area contributed by atoms with E-state index in [9.17, 15) is 50.3 Å². The molecule has 0 bridgehead atoms. The van der Waals surface area contributed by atoms with Crippen molar-refractivity contribution in [3.63, 3.8) is 0 Å². The van der Waals surface area contributed by atoms with Crippen LogP contribution in [0.2, 0.25) is 0 Å². The molecule has 11 nitrogen and oxygen atoms in total. The number of carbonyl (C=O) groups excluding carboxylic acids is 5. The highest BCUT2D eigenvalue weighted by Gasteiger charge is 2.54. The van der Waals surface area contributed by atoms with Gasteiger partial charge in [0.25, 0.3) is 5.91 Å². The van der Waals surface area contributed by atoms with Crippen LogP contribution in [0.3, 0.4) is 0 Å². The molecule has 1 atom stereocenters. The van der Waals surface area contributed by atoms with Gasteiger partial charge < -0.3 is 20.7 Å². The van der Waals surface area contributed by atoms with Crippen molar-refractivity contribution in [1.29, 1.82) is 0 Å². The number of nitrogens with one attached hydrogen (secondary N) is 3. The fraction of sp³-hybridized carbons (Fsp3) is 0.433. The number of halogens is 6. The molecular formula is C30H35F6N5O6. The smallest absolute Gasteiger partial charge is 0.458 e. The van der Waals surface area contributed by atoms with Crippen molar-refractivity contribution >= 4 is 40.9 Å². The molecule has 3 rings (SSSR count). The summed E-state index contributed by atoms with van der Waals surface area (Å²) in [4.78, 5) is 65.0. The lowest BCUT2D eigenvalue weighted by molar-refractivity contribution is -0.193. The van der Waals surface area contributed by atoms with Crippen molar-refractivity contribution in [1.82, 2.24) is 15.6 Å². The normalized spacial score (nSPS) is 13.6. The number of amidine groups is 1. The van der Waals surface area contributed by atoms with Crippen molar-refractivity contribution in [2.75, 3.05) is 25.0 Å². The standard InChI is InChI=1S/C25H31N5O4.C4F6O2.CH4/c1-2-34-24(32)15-21(19-9-7-12-26-16-19)30-23(31)17-28-25(33)18-8-6-10-20(14-18)29-22-11-4-3-5-13-27-22;5-3(6,7)1(11)2(12)4(8,9)10;/h6-10,12,14,16,21H,2-5,11,13,15,17H2,1H3,(H,27,29)(H,28,33)(H,30,31);;1H4. The molecule has 0 radical (unpaired) electrons. The summed E-state index contributed by atoms with van der Waals surface area (Å²) in [5.41, 5.74) is 1.89. The monoisotopic (exact) mass is 675 g/mol. The molecule has 1 aliphatic rings. The minimum Gasteiger partial charge on any atom is -0.466 e. The van der Waals surface area contributed by atoms with Crippen LogP contribution in [0.25, 0.3) is 0 Å². The average Bonchev–Trinajstić information content (AvgIpc) is 3.27. The maximum atomic E-state index is 12.6. The van der Waals surface area contributed by atoms with Gasteiger partial charge in [0.2, 0.25) is 5.91 Å². The summed E-state index contributed by atoms with van der Waals surface area (Å²) in [5, 5.41) is 8.71. The van der Waals surface area contributed by atoms with Crippen LogP contribution in [0.1, 0.15) is 68.4 Å². The second-order valence-electron chi connectivity index (χ2n) is 9.60. The van der Waals surface area contributed by atoms with Gasteiger partial charge in [0.15, 0.2) is 0 Å². The van der Waals surface area contributed by atoms with Gasteiger partial charge in [-0.05, 0) is 49.6 Å². The molecule has 1 aromatic heterocycles. The Kier molecular flexibility index (Phi) is 16.2. The molecule has 2 aromatic rings. The molecule has 17 heteroatoms. The van der Waals surface area contributed by atoms with Gasteiger partial charge in [-0.3, -0.25) is 33.9 Å². The minimum atomic E-state index is -5.77. The van der Waals surface area contributed by atoms with E-state index in [4.69, 9.17) is 4.74 Å². The van der Waals surface area contributed by atoms with Gasteiger partial charge in [-0.15, -0.1) is 0 Å². The molecule has 1 aliphatic heterocycles. The van der Waals surface area contributed by atoms with Crippen LogP contribution in [0, 0.1) is 0 Å². The van der Waals surface area contributed by atoms with Crippen LogP contribution < -0.4 is 16.0 Å². The Morgan fingerprint density at radius 2 is 1.62 bits per heavy atom. The zero-order chi connectivity index (χ0) is 34.3. The average molecular weight is 676 g/mol. The highest BCUT2D eigenvalue weighted by Crippen LogP contribution is 2.24. The van der Waals surface area contributed by atoms with E-state index in [0.717, 1.165) is 37.3 Å². The third-order valence-electron chi connectivity index (χ3n) is 6.02. The largest absolute Gasteiger partial charge is 0.466 e. The second-order valence-corrected chi connectivity index (χ2v) is 9.60. The quantitative estimate of drug-likeness (QED) is 0.183. The topological polar surface area (TPSA) is 156 Å². The van der Waals surface area contributed by atoms with Crippen molar-refractivity contribution < 1.29 is 55.1 Å². The third-order valence-corrected chi connectivity index (χ3v) is 6.02. The van der Waals surface area contributed by atoms with E-state index in [1.165, 1.54) is 6.42 Å². The van der Waals surface area contributed by atoms with Gasteiger partial charge in [0, 0.05) is 36.6 Å². The lowest BCUT2D eigenvalue weighted by Gasteiger charge is -2.18. The lowest BCUT2D eigenvalue weighted by atomic mass is 10.1. The molecule has 1 unspecified atom stereocenters. The first-order valence-corrected chi connectivity index (χ1v) is 13.9. The van der Waals surface area contributed by atoms with Crippen molar-refractivity contribution in [2.24, 2.45) is 4.99 Å². The van der Waals surface area contributed by atoms with Gasteiger partial charge in [0.05, 0.1) is 25.6 Å². The van der Waals surface area contributed by atoms with E-state index in [2.05, 4.69) is 25.9 Å². The summed E-state index contributed by atoms with van der Waals surface area (Å²) in [6.07, 6.45) is -4.14. The highest BCUT2D eigenvalue weighted by atomic mass is 19.4. The van der Waals surface area contributed by atoms with Crippen LogP contribution in [0.4, 0.5) is 32.0 Å². The number of hydrogen-bond donors (Lipinski definition) is 3. The number of ether oxygens (including phenoxy) is 1. The SMILES string of the molecule is C.CCOC(=O)CC(NC(=O)CNC(=O)c1cccc(NC2=NCCCCC2)c1)c1cccnc1.O=C(C(=O)C(F)(F)F)C(F)(F)F. The molecule has 0 aliphatic carbocycles. The van der Waals surface area contributed by atoms with E-state index in [-0.39, 0.29) is 32.9 Å². The number of amides is 2. The van der Waals surface area contributed by atoms with Crippen molar-refractivity contribution in [3.05, 3.63) is 59.9 Å². The van der Waals surface area contributed by atoms with E-state index in [1.807, 2.05) is 6.07 Å². The first-order valence-electron chi connectivity index (χ1n) is 13.9. The van der Waals surface area contributed by atoms with Gasteiger partial charge in [-0.1, -0.05) is 26.0 Å². The number of anilines is 1. The molecule has 0 saturated carbocycles. The number of ketones is 2. The molecule has 0 saturated heterocycles. The number of benzene rings is 1. The van der Waals surface area contributed by atoms with E-state index < -0.39 is 41.8 Å². The summed E-state index contributed by atoms with van der Waals surface area (Å²) in [7, 11) is 0. The zero-order valence-corrected chi connectivity index (χ0v) is 24.5. The van der Waals surface area contributed by atoms with Gasteiger partial charge in [0.1, 0.15) is 5.84 Å². The lowest BCUT2D eigenvalue weighted by Crippen LogP contribution is -2.39. The number of alkyl halides is 6. The maximum absolute atomic E-state index is 12.6. The summed E-state index contributed by atoms with van der Waals surface area (Å²) >= 11 is 0. The Morgan fingerprint density at radius 1 is 0.936 bits per heavy atom. The molecule has 2 heterocycles. The van der Waals surface area contributed by atoms with Gasteiger partial charge in [-0.25, -0.2) is 0 Å². The first-order chi connectivity index (χ1) is 21.6. The van der Waals surface area contributed by atoms with Crippen molar-refractivity contribution in [3.8, 4) is 0 Å². The van der Waals surface area contributed by atoms with Crippen LogP contribution in [-0.2, 0) is 23.9 Å². The number of hydrogen-bond acceptors (Lipinski definition) is 9. The number of nitrogens with zero attached hydrogens (tertiary/aromatic N) is 2. The summed E-state index contributed by atoms with van der Waals surface area (Å²) < 4.78 is 72.0. The van der Waals surface area contributed by atoms with Gasteiger partial charge in [-0.2, -0.15) is 26.3 Å². The fourth-order valence-corrected chi connectivity index (χ4v) is 3.87. The van der Waals surface area contributed by atoms with E-state index in [1.54, 1.807) is 49.6 Å². The summed E-state index contributed by atoms with van der Waals surface area (Å²) in [6, 6.07) is 9.98. The van der Waals surface area contributed by atoms with E-state index in [0.29, 0.717) is 11.1 Å². The Balaban J connectivity index is 0.000000725. The number of aromatic nitrogens is 1. The Hall–Kier alpha value is -4.83. The molecule has 0 spiro atoms. The van der Waals surface area contributed by atoms with Crippen LogP contribution in [-0.4, -0.2) is 72.2 Å². The molecule has 3 N–H and O–H groups in total. The van der Waals surface area contributed by atoms with Crippen LogP contribution >= 0.6 is 0 Å². The zero-order valence-electron chi connectivity index (χ0n) is 24.5. The molecule has 0 fully saturated rings. The van der Waals surface area contributed by atoms with Gasteiger partial charge >= 0.3 is 29.9 Å². The van der Waals surface area contributed by atoms with Crippen LogP contribution in [0.5, 0.6) is 0 Å². The third kappa shape index (κ3) is 14.4. The fourth-order valence-electron chi connectivity index (χ4n) is 3.87. The molecule has 47 heavy (non-hydrogen) atoms. The molecular weight excluding hydrogens is 640 g/mol. The summed E-state index contributed by atoms with van der Waals surface area (Å²) in [6.45, 7) is 2.56. The molecule has 258 valence electrons. The number of aliphatic imine (C=N–C) groups is 1. The Bertz CT molecular complexity index is 1380. The Morgan fingerprint density at radius 3 is 2.21 bits per heavy atom. The minimum absolute atomic E-state index is 0. The number of Topliss-reactive ketones (excluding diaryl/α,β-unsaturated/α-hetero) is 2. The molecule has 2 amide bonds. The van der Waals surface area contributed by atoms with Crippen molar-refractivity contribution in [2.45, 2.75) is 64.8 Å². The van der Waals surface area contributed by atoms with Crippen LogP contribution in [0.15, 0.2) is 53.8 Å². The second kappa shape index (κ2) is 19.0.